The first-order valence-electron chi connectivity index (χ1n) is 7.29. The van der Waals surface area contributed by atoms with Crippen molar-refractivity contribution in [3.05, 3.63) is 12.8 Å². The highest BCUT2D eigenvalue weighted by Gasteiger charge is 2.81. The smallest absolute Gasteiger partial charge is 0.460 e. The minimum atomic E-state index is -6.92. The molecule has 0 fully saturated rings. The molecule has 0 N–H and O–H groups in total. The van der Waals surface area contributed by atoms with Crippen molar-refractivity contribution >= 4 is 5.97 Å². The van der Waals surface area contributed by atoms with E-state index in [2.05, 4.69) is 11.3 Å². The summed E-state index contributed by atoms with van der Waals surface area (Å²) >= 11 is 0. The van der Waals surface area contributed by atoms with E-state index in [0.29, 0.717) is 12.8 Å². The molecule has 0 aromatic carbocycles. The van der Waals surface area contributed by atoms with Crippen LogP contribution in [0.25, 0.3) is 0 Å². The fraction of sp³-hybridized carbons (Fsp3) is 0.786. The van der Waals surface area contributed by atoms with Crippen LogP contribution in [0.5, 0.6) is 0 Å². The quantitative estimate of drug-likeness (QED) is 0.196. The lowest BCUT2D eigenvalue weighted by molar-refractivity contribution is -0.396. The number of esters is 1. The molecule has 12 heteroatoms. The minimum absolute atomic E-state index is 0.127. The molecule has 0 aliphatic heterocycles. The van der Waals surface area contributed by atoms with Crippen LogP contribution in [0.4, 0.5) is 39.5 Å². The van der Waals surface area contributed by atoms with Crippen molar-refractivity contribution in [2.75, 3.05) is 13.2 Å². The molecule has 0 aliphatic rings. The van der Waals surface area contributed by atoms with Gasteiger partial charge in [-0.2, -0.15) is 39.5 Å². The van der Waals surface area contributed by atoms with E-state index in [9.17, 15) is 44.3 Å². The molecule has 0 saturated heterocycles. The molecule has 0 aromatic heterocycles. The van der Waals surface area contributed by atoms with Gasteiger partial charge in [0.05, 0.1) is 19.5 Å². The van der Waals surface area contributed by atoms with Gasteiger partial charge in [0.1, 0.15) is 0 Å². The summed E-state index contributed by atoms with van der Waals surface area (Å²) in [6, 6.07) is 0. The van der Waals surface area contributed by atoms with E-state index in [4.69, 9.17) is 4.74 Å². The van der Waals surface area contributed by atoms with Crippen molar-refractivity contribution in [3.8, 4) is 0 Å². The molecule has 0 aromatic rings. The Morgan fingerprint density at radius 3 is 1.88 bits per heavy atom. The highest BCUT2D eigenvalue weighted by Crippen LogP contribution is 2.54. The molecule has 0 spiro atoms. The topological polar surface area (TPSA) is 35.5 Å². The Morgan fingerprint density at radius 2 is 1.38 bits per heavy atom. The molecule has 0 radical (unpaired) electrons. The predicted molar refractivity (Wildman–Crippen MR) is 71.1 cm³/mol. The van der Waals surface area contributed by atoms with Crippen molar-refractivity contribution in [2.24, 2.45) is 0 Å². The van der Waals surface area contributed by atoms with Crippen LogP contribution in [0, 0.1) is 0 Å². The van der Waals surface area contributed by atoms with Crippen LogP contribution < -0.4 is 0 Å². The average Bonchev–Trinajstić information content (AvgIpc) is 2.49. The summed E-state index contributed by atoms with van der Waals surface area (Å²) in [7, 11) is 0. The van der Waals surface area contributed by atoms with E-state index in [-0.39, 0.29) is 13.2 Å². The van der Waals surface area contributed by atoms with Gasteiger partial charge in [-0.25, -0.2) is 0 Å². The first kappa shape index (κ1) is 24.4. The molecule has 0 saturated carbocycles. The van der Waals surface area contributed by atoms with Gasteiger partial charge in [0, 0.05) is 12.8 Å². The van der Waals surface area contributed by atoms with Gasteiger partial charge in [0.2, 0.25) is 0 Å². The first-order valence-corrected chi connectivity index (χ1v) is 7.29. The Bertz CT molecular complexity index is 461. The van der Waals surface area contributed by atoms with E-state index in [1.807, 2.05) is 0 Å². The van der Waals surface area contributed by atoms with E-state index in [1.165, 1.54) is 6.26 Å². The lowest BCUT2D eigenvalue weighted by Crippen LogP contribution is -2.60. The Morgan fingerprint density at radius 1 is 0.846 bits per heavy atom. The highest BCUT2D eigenvalue weighted by atomic mass is 19.4. The van der Waals surface area contributed by atoms with Crippen molar-refractivity contribution < 1.29 is 53.8 Å². The van der Waals surface area contributed by atoms with Crippen LogP contribution in [0.15, 0.2) is 12.8 Å². The van der Waals surface area contributed by atoms with Gasteiger partial charge in [0.25, 0.3) is 0 Å². The maximum Gasteiger partial charge on any atom is 0.460 e. The van der Waals surface area contributed by atoms with Gasteiger partial charge >= 0.3 is 29.9 Å². The number of carbonyl (C=O) groups excluding carboxylic acids is 1. The maximum atomic E-state index is 13.2. The lowest BCUT2D eigenvalue weighted by atomic mass is 9.99. The second-order valence-electron chi connectivity index (χ2n) is 5.17. The number of ether oxygens (including phenoxy) is 2. The zero-order valence-corrected chi connectivity index (χ0v) is 13.4. The van der Waals surface area contributed by atoms with E-state index < -0.39 is 49.2 Å². The molecule has 0 bridgehead atoms. The Labute approximate surface area is 143 Å². The predicted octanol–water partition coefficient (Wildman–Crippen LogP) is 5.11. The van der Waals surface area contributed by atoms with Crippen molar-refractivity contribution in [1.82, 2.24) is 0 Å². The zero-order valence-electron chi connectivity index (χ0n) is 13.4. The number of alkyl halides is 9. The lowest BCUT2D eigenvalue weighted by Gasteiger charge is -2.33. The summed E-state index contributed by atoms with van der Waals surface area (Å²) in [6.45, 7) is 3.43. The number of hydrogen-bond acceptors (Lipinski definition) is 3. The summed E-state index contributed by atoms with van der Waals surface area (Å²) in [6.07, 6.45) is -8.81. The molecular weight excluding hydrogens is 387 g/mol. The largest absolute Gasteiger partial charge is 0.502 e. The summed E-state index contributed by atoms with van der Waals surface area (Å²) in [5.74, 6) is -20.3. The minimum Gasteiger partial charge on any atom is -0.502 e. The molecule has 26 heavy (non-hydrogen) atoms. The molecule has 0 heterocycles. The molecule has 0 amide bonds. The number of hydrogen-bond donors (Lipinski definition) is 0. The third-order valence-electron chi connectivity index (χ3n) is 3.12. The first-order chi connectivity index (χ1) is 11.7. The number of unbranched alkanes of at least 4 members (excludes halogenated alkanes) is 1. The normalized spacial score (nSPS) is 13.4. The van der Waals surface area contributed by atoms with Crippen LogP contribution in [-0.4, -0.2) is 43.1 Å². The van der Waals surface area contributed by atoms with Crippen LogP contribution in [0.2, 0.25) is 0 Å². The molecular formula is C14H17F9O3. The standard InChI is InChI=1S/C14H17F9O3/c1-2-25-8-3-4-9-26-10(24)6-5-7-11(15,16)12(17,18)13(19,20)14(21,22)23/h2H,1,3-9H2. The van der Waals surface area contributed by atoms with Gasteiger partial charge < -0.3 is 9.47 Å². The molecule has 154 valence electrons. The SMILES string of the molecule is C=COCCCCOC(=O)CCCC(F)(F)C(F)(F)C(F)(F)C(F)(F)F. The van der Waals surface area contributed by atoms with Gasteiger partial charge in [-0.15, -0.1) is 0 Å². The molecule has 0 rings (SSSR count). The average molecular weight is 404 g/mol. The summed E-state index contributed by atoms with van der Waals surface area (Å²) in [5, 5.41) is 0. The molecule has 3 nitrogen and oxygen atoms in total. The Balaban J connectivity index is 4.43. The molecule has 0 unspecified atom stereocenters. The van der Waals surface area contributed by atoms with E-state index >= 15 is 0 Å². The third-order valence-corrected chi connectivity index (χ3v) is 3.12. The number of rotatable bonds is 12. The molecule has 0 atom stereocenters. The monoisotopic (exact) mass is 404 g/mol. The van der Waals surface area contributed by atoms with Gasteiger partial charge in [-0.1, -0.05) is 6.58 Å². The third kappa shape index (κ3) is 6.27. The number of carbonyl (C=O) groups is 1. The van der Waals surface area contributed by atoms with Crippen molar-refractivity contribution in [2.45, 2.75) is 56.0 Å². The number of halogens is 9. The van der Waals surface area contributed by atoms with Gasteiger partial charge in [-0.3, -0.25) is 4.79 Å². The fourth-order valence-corrected chi connectivity index (χ4v) is 1.65. The van der Waals surface area contributed by atoms with E-state index in [0.717, 1.165) is 0 Å². The summed E-state index contributed by atoms with van der Waals surface area (Å²) < 4.78 is 123. The van der Waals surface area contributed by atoms with E-state index in [1.54, 1.807) is 0 Å². The van der Waals surface area contributed by atoms with Crippen LogP contribution in [-0.2, 0) is 14.3 Å². The van der Waals surface area contributed by atoms with Crippen LogP contribution in [0.3, 0.4) is 0 Å². The van der Waals surface area contributed by atoms with Gasteiger partial charge in [0.15, 0.2) is 0 Å². The Hall–Kier alpha value is -1.62. The summed E-state index contributed by atoms with van der Waals surface area (Å²) in [5.41, 5.74) is 0. The fourth-order valence-electron chi connectivity index (χ4n) is 1.65. The second kappa shape index (κ2) is 9.36. The molecule has 0 aliphatic carbocycles. The van der Waals surface area contributed by atoms with Crippen molar-refractivity contribution in [1.29, 1.82) is 0 Å². The summed E-state index contributed by atoms with van der Waals surface area (Å²) in [4.78, 5) is 11.2. The van der Waals surface area contributed by atoms with Crippen molar-refractivity contribution in [3.63, 3.8) is 0 Å². The maximum absolute atomic E-state index is 13.2. The van der Waals surface area contributed by atoms with Crippen LogP contribution >= 0.6 is 0 Å². The highest BCUT2D eigenvalue weighted by molar-refractivity contribution is 5.69. The zero-order chi connectivity index (χ0) is 20.6. The van der Waals surface area contributed by atoms with Gasteiger partial charge in [-0.05, 0) is 19.3 Å². The Kier molecular flexibility index (Phi) is 8.77. The second-order valence-corrected chi connectivity index (χ2v) is 5.17. The van der Waals surface area contributed by atoms with Crippen LogP contribution in [0.1, 0.15) is 32.1 Å².